The van der Waals surface area contributed by atoms with Crippen LogP contribution in [0.2, 0.25) is 0 Å². The molecule has 1 aromatic heterocycles. The summed E-state index contributed by atoms with van der Waals surface area (Å²) in [5.41, 5.74) is 0.263. The van der Waals surface area contributed by atoms with Crippen molar-refractivity contribution in [3.8, 4) is 0 Å². The SMILES string of the molecule is CCN1CCC2(CN(C(=O)N(C)C)CC23CCN(C(=O)c2sccc2C)CC3)C1=O. The van der Waals surface area contributed by atoms with Crippen molar-refractivity contribution < 1.29 is 14.4 Å². The van der Waals surface area contributed by atoms with Gasteiger partial charge in [0.2, 0.25) is 5.91 Å². The first-order valence-corrected chi connectivity index (χ1v) is 11.7. The lowest BCUT2D eigenvalue weighted by atomic mass is 9.60. The van der Waals surface area contributed by atoms with Crippen LogP contribution in [0.25, 0.3) is 0 Å². The van der Waals surface area contributed by atoms with Gasteiger partial charge in [0.25, 0.3) is 5.91 Å². The van der Waals surface area contributed by atoms with Gasteiger partial charge in [-0.05, 0) is 50.1 Å². The normalized spacial score (nSPS) is 25.6. The zero-order chi connectivity index (χ0) is 21.7. The van der Waals surface area contributed by atoms with Crippen molar-refractivity contribution >= 4 is 29.2 Å². The Hall–Kier alpha value is -2.09. The molecular weight excluding hydrogens is 400 g/mol. The Morgan fingerprint density at radius 1 is 1.10 bits per heavy atom. The lowest BCUT2D eigenvalue weighted by Crippen LogP contribution is -2.53. The summed E-state index contributed by atoms with van der Waals surface area (Å²) >= 11 is 1.49. The van der Waals surface area contributed by atoms with Crippen molar-refractivity contribution in [2.45, 2.75) is 33.1 Å². The molecule has 1 unspecified atom stereocenters. The number of piperidine rings is 1. The number of nitrogens with zero attached hydrogens (tertiary/aromatic N) is 4. The number of carbonyl (C=O) groups excluding carboxylic acids is 3. The van der Waals surface area contributed by atoms with Crippen molar-refractivity contribution in [3.63, 3.8) is 0 Å². The Labute approximate surface area is 182 Å². The second-order valence-corrected chi connectivity index (χ2v) is 10.2. The van der Waals surface area contributed by atoms with Crippen molar-refractivity contribution in [3.05, 3.63) is 21.9 Å². The lowest BCUT2D eigenvalue weighted by molar-refractivity contribution is -0.141. The maximum atomic E-state index is 13.5. The Morgan fingerprint density at radius 2 is 1.80 bits per heavy atom. The van der Waals surface area contributed by atoms with Crippen LogP contribution in [0.5, 0.6) is 0 Å². The molecular formula is C22H32N4O3S. The zero-order valence-electron chi connectivity index (χ0n) is 18.4. The van der Waals surface area contributed by atoms with Gasteiger partial charge >= 0.3 is 6.03 Å². The molecule has 4 rings (SSSR count). The highest BCUT2D eigenvalue weighted by molar-refractivity contribution is 7.12. The largest absolute Gasteiger partial charge is 0.342 e. The Balaban J connectivity index is 1.59. The van der Waals surface area contributed by atoms with E-state index in [4.69, 9.17) is 0 Å². The second kappa shape index (κ2) is 7.55. The number of hydrogen-bond acceptors (Lipinski definition) is 4. The quantitative estimate of drug-likeness (QED) is 0.721. The summed E-state index contributed by atoms with van der Waals surface area (Å²) in [6.07, 6.45) is 2.34. The van der Waals surface area contributed by atoms with Gasteiger partial charge < -0.3 is 19.6 Å². The highest BCUT2D eigenvalue weighted by Crippen LogP contribution is 2.58. The smallest absolute Gasteiger partial charge is 0.319 e. The van der Waals surface area contributed by atoms with Crippen LogP contribution in [0, 0.1) is 17.8 Å². The molecule has 3 aliphatic heterocycles. The van der Waals surface area contributed by atoms with Crippen LogP contribution < -0.4 is 0 Å². The molecule has 1 atom stereocenters. The molecule has 0 saturated carbocycles. The van der Waals surface area contributed by atoms with Crippen LogP contribution in [0.4, 0.5) is 4.79 Å². The molecule has 4 heterocycles. The van der Waals surface area contributed by atoms with Crippen LogP contribution in [0.1, 0.15) is 41.4 Å². The van der Waals surface area contributed by atoms with Gasteiger partial charge in [0, 0.05) is 58.8 Å². The minimum Gasteiger partial charge on any atom is -0.342 e. The van der Waals surface area contributed by atoms with E-state index < -0.39 is 5.41 Å². The molecule has 2 spiro atoms. The van der Waals surface area contributed by atoms with Crippen molar-refractivity contribution in [1.82, 2.24) is 19.6 Å². The average Bonchev–Trinajstić information content (AvgIpc) is 3.39. The minimum atomic E-state index is -0.511. The van der Waals surface area contributed by atoms with E-state index in [1.165, 1.54) is 11.3 Å². The maximum Gasteiger partial charge on any atom is 0.319 e. The predicted molar refractivity (Wildman–Crippen MR) is 117 cm³/mol. The number of amides is 4. The van der Waals surface area contributed by atoms with E-state index in [9.17, 15) is 14.4 Å². The summed E-state index contributed by atoms with van der Waals surface area (Å²) in [4.78, 5) is 47.5. The van der Waals surface area contributed by atoms with Gasteiger partial charge in [0.05, 0.1) is 10.3 Å². The maximum absolute atomic E-state index is 13.5. The molecule has 0 radical (unpaired) electrons. The van der Waals surface area contributed by atoms with Crippen molar-refractivity contribution in [1.29, 1.82) is 0 Å². The molecule has 30 heavy (non-hydrogen) atoms. The molecule has 0 N–H and O–H groups in total. The van der Waals surface area contributed by atoms with Gasteiger partial charge in [0.1, 0.15) is 0 Å². The number of urea groups is 1. The zero-order valence-corrected chi connectivity index (χ0v) is 19.3. The molecule has 3 aliphatic rings. The summed E-state index contributed by atoms with van der Waals surface area (Å²) in [6.45, 7) is 7.85. The highest BCUT2D eigenvalue weighted by Gasteiger charge is 2.66. The number of rotatable bonds is 2. The van der Waals surface area contributed by atoms with Gasteiger partial charge in [-0.15, -0.1) is 11.3 Å². The van der Waals surface area contributed by atoms with Crippen molar-refractivity contribution in [2.24, 2.45) is 10.8 Å². The molecule has 0 aliphatic carbocycles. The number of aryl methyl sites for hydroxylation is 1. The van der Waals surface area contributed by atoms with Crippen LogP contribution in [0.3, 0.4) is 0 Å². The lowest BCUT2D eigenvalue weighted by Gasteiger charge is -2.46. The summed E-state index contributed by atoms with van der Waals surface area (Å²) in [5, 5.41) is 1.96. The van der Waals surface area contributed by atoms with Crippen LogP contribution in [-0.4, -0.2) is 90.8 Å². The Bertz CT molecular complexity index is 858. The van der Waals surface area contributed by atoms with Gasteiger partial charge in [-0.25, -0.2) is 4.79 Å². The first kappa shape index (κ1) is 21.2. The molecule has 7 nitrogen and oxygen atoms in total. The third-order valence-corrected chi connectivity index (χ3v) is 8.58. The number of hydrogen-bond donors (Lipinski definition) is 0. The highest BCUT2D eigenvalue weighted by atomic mass is 32.1. The van der Waals surface area contributed by atoms with Crippen molar-refractivity contribution in [2.75, 3.05) is 53.4 Å². The minimum absolute atomic E-state index is 0.0262. The van der Waals surface area contributed by atoms with Gasteiger partial charge in [0.15, 0.2) is 0 Å². The molecule has 3 fully saturated rings. The molecule has 4 amide bonds. The van der Waals surface area contributed by atoms with E-state index in [1.54, 1.807) is 19.0 Å². The van der Waals surface area contributed by atoms with E-state index in [-0.39, 0.29) is 23.3 Å². The standard InChI is InChI=1S/C22H32N4O3S/c1-5-24-12-9-22(19(24)28)15-26(20(29)23(3)4)14-21(22)7-10-25(11-8-21)18(27)17-16(2)6-13-30-17/h6,13H,5,7-12,14-15H2,1-4H3. The molecule has 164 valence electrons. The fourth-order valence-electron chi connectivity index (χ4n) is 5.77. The van der Waals surface area contributed by atoms with E-state index in [1.807, 2.05) is 40.0 Å². The first-order valence-electron chi connectivity index (χ1n) is 10.8. The predicted octanol–water partition coefficient (Wildman–Crippen LogP) is 2.51. The topological polar surface area (TPSA) is 64.2 Å². The van der Waals surface area contributed by atoms with E-state index in [0.717, 1.165) is 36.2 Å². The monoisotopic (exact) mass is 432 g/mol. The van der Waals surface area contributed by atoms with Gasteiger partial charge in [-0.1, -0.05) is 0 Å². The number of thiophene rings is 1. The number of likely N-dealkylation sites (tertiary alicyclic amines) is 3. The average molecular weight is 433 g/mol. The third kappa shape index (κ3) is 3.02. The molecule has 0 bridgehead atoms. The third-order valence-electron chi connectivity index (χ3n) is 7.57. The fraction of sp³-hybridized carbons (Fsp3) is 0.682. The Kier molecular flexibility index (Phi) is 5.33. The Morgan fingerprint density at radius 3 is 2.33 bits per heavy atom. The summed E-state index contributed by atoms with van der Waals surface area (Å²) in [5.74, 6) is 0.298. The summed E-state index contributed by atoms with van der Waals surface area (Å²) < 4.78 is 0. The van der Waals surface area contributed by atoms with Gasteiger partial charge in [-0.3, -0.25) is 9.59 Å². The van der Waals surface area contributed by atoms with E-state index >= 15 is 0 Å². The number of carbonyl (C=O) groups is 3. The summed E-state index contributed by atoms with van der Waals surface area (Å²) in [6, 6.07) is 1.96. The van der Waals surface area contributed by atoms with Crippen LogP contribution in [0.15, 0.2) is 11.4 Å². The molecule has 8 heteroatoms. The molecule has 1 aromatic rings. The van der Waals surface area contributed by atoms with Crippen LogP contribution >= 0.6 is 11.3 Å². The van der Waals surface area contributed by atoms with E-state index in [2.05, 4.69) is 0 Å². The summed E-state index contributed by atoms with van der Waals surface area (Å²) in [7, 11) is 3.53. The first-order chi connectivity index (χ1) is 14.2. The van der Waals surface area contributed by atoms with Gasteiger partial charge in [-0.2, -0.15) is 0 Å². The molecule has 3 saturated heterocycles. The molecule has 0 aromatic carbocycles. The number of fused-ring (bicyclic) bond motifs is 1. The second-order valence-electron chi connectivity index (χ2n) is 9.26. The fourth-order valence-corrected chi connectivity index (χ4v) is 6.66. The van der Waals surface area contributed by atoms with Crippen LogP contribution in [-0.2, 0) is 4.79 Å². The van der Waals surface area contributed by atoms with E-state index in [0.29, 0.717) is 32.7 Å².